The first kappa shape index (κ1) is 14.6. The van der Waals surface area contributed by atoms with E-state index >= 15 is 0 Å². The molecule has 0 amide bonds. The smallest absolute Gasteiger partial charge is 0.321 e. The number of aliphatic carboxylic acids is 1. The average molecular weight is 295 g/mol. The summed E-state index contributed by atoms with van der Waals surface area (Å²) in [4.78, 5) is 14.6. The third-order valence-corrected chi connectivity index (χ3v) is 3.75. The SMILES string of the molecule is Cc1cc(Cl)c(CSC[C@@H](N)C(=O)O)c(Cl)n1. The Kier molecular flexibility index (Phi) is 5.52. The largest absolute Gasteiger partial charge is 0.480 e. The number of nitrogens with two attached hydrogens (primary N) is 1. The summed E-state index contributed by atoms with van der Waals surface area (Å²) < 4.78 is 0. The number of carboxylic acids is 1. The van der Waals surface area contributed by atoms with Crippen molar-refractivity contribution < 1.29 is 9.90 Å². The summed E-state index contributed by atoms with van der Waals surface area (Å²) in [6.45, 7) is 1.80. The first-order chi connectivity index (χ1) is 7.91. The highest BCUT2D eigenvalue weighted by molar-refractivity contribution is 7.98. The number of hydrogen-bond donors (Lipinski definition) is 2. The summed E-state index contributed by atoms with van der Waals surface area (Å²) in [7, 11) is 0. The van der Waals surface area contributed by atoms with Gasteiger partial charge in [-0.05, 0) is 13.0 Å². The number of aryl methyl sites for hydroxylation is 1. The van der Waals surface area contributed by atoms with Crippen molar-refractivity contribution in [1.29, 1.82) is 0 Å². The molecule has 17 heavy (non-hydrogen) atoms. The minimum Gasteiger partial charge on any atom is -0.480 e. The van der Waals surface area contributed by atoms with Gasteiger partial charge in [0.15, 0.2) is 0 Å². The predicted octanol–water partition coefficient (Wildman–Crippen LogP) is 2.34. The van der Waals surface area contributed by atoms with Gasteiger partial charge in [-0.15, -0.1) is 0 Å². The van der Waals surface area contributed by atoms with Crippen molar-refractivity contribution in [3.63, 3.8) is 0 Å². The van der Waals surface area contributed by atoms with Crippen molar-refractivity contribution in [3.05, 3.63) is 27.5 Å². The summed E-state index contributed by atoms with van der Waals surface area (Å²) >= 11 is 13.3. The van der Waals surface area contributed by atoms with Gasteiger partial charge in [0.2, 0.25) is 0 Å². The van der Waals surface area contributed by atoms with Crippen molar-refractivity contribution in [2.75, 3.05) is 5.75 Å². The molecule has 0 aliphatic heterocycles. The molecule has 0 saturated carbocycles. The van der Waals surface area contributed by atoms with E-state index in [1.54, 1.807) is 13.0 Å². The molecule has 0 bridgehead atoms. The Morgan fingerprint density at radius 1 is 1.65 bits per heavy atom. The molecule has 1 atom stereocenters. The van der Waals surface area contributed by atoms with Crippen LogP contribution < -0.4 is 5.73 Å². The third-order valence-electron chi connectivity index (χ3n) is 2.01. The Hall–Kier alpha value is -0.490. The highest BCUT2D eigenvalue weighted by atomic mass is 35.5. The van der Waals surface area contributed by atoms with Crippen LogP contribution in [0.15, 0.2) is 6.07 Å². The van der Waals surface area contributed by atoms with E-state index in [-0.39, 0.29) is 0 Å². The first-order valence-electron chi connectivity index (χ1n) is 4.79. The minimum absolute atomic E-state index is 0.301. The summed E-state index contributed by atoms with van der Waals surface area (Å²) in [5.41, 5.74) is 6.83. The number of halogens is 2. The van der Waals surface area contributed by atoms with Crippen LogP contribution in [0.2, 0.25) is 10.2 Å². The fourth-order valence-electron chi connectivity index (χ4n) is 1.11. The third kappa shape index (κ3) is 4.35. The van der Waals surface area contributed by atoms with Gasteiger partial charge in [0.05, 0.1) is 0 Å². The number of nitrogens with zero attached hydrogens (tertiary/aromatic N) is 1. The zero-order valence-corrected chi connectivity index (χ0v) is 11.4. The molecular formula is C10H12Cl2N2O2S. The molecule has 0 aliphatic rings. The van der Waals surface area contributed by atoms with Crippen molar-refractivity contribution in [1.82, 2.24) is 4.98 Å². The van der Waals surface area contributed by atoms with Crippen LogP contribution in [0, 0.1) is 6.92 Å². The van der Waals surface area contributed by atoms with E-state index in [1.165, 1.54) is 11.8 Å². The highest BCUT2D eigenvalue weighted by Gasteiger charge is 2.13. The van der Waals surface area contributed by atoms with Crippen molar-refractivity contribution in [2.24, 2.45) is 5.73 Å². The predicted molar refractivity (Wildman–Crippen MR) is 70.8 cm³/mol. The van der Waals surface area contributed by atoms with Crippen LogP contribution in [0.25, 0.3) is 0 Å². The Balaban J connectivity index is 2.61. The molecule has 3 N–H and O–H groups in total. The lowest BCUT2D eigenvalue weighted by atomic mass is 10.3. The average Bonchev–Trinajstić information content (AvgIpc) is 2.21. The van der Waals surface area contributed by atoms with Gasteiger partial charge in [-0.2, -0.15) is 11.8 Å². The van der Waals surface area contributed by atoms with E-state index in [0.717, 1.165) is 5.69 Å². The van der Waals surface area contributed by atoms with Crippen molar-refractivity contribution in [3.8, 4) is 0 Å². The van der Waals surface area contributed by atoms with Gasteiger partial charge in [-0.1, -0.05) is 23.2 Å². The normalized spacial score (nSPS) is 12.5. The second-order valence-electron chi connectivity index (χ2n) is 3.47. The Morgan fingerprint density at radius 2 is 2.29 bits per heavy atom. The van der Waals surface area contributed by atoms with E-state index < -0.39 is 12.0 Å². The minimum atomic E-state index is -1.02. The molecule has 4 nitrogen and oxygen atoms in total. The van der Waals surface area contributed by atoms with Crippen LogP contribution in [0.5, 0.6) is 0 Å². The molecule has 94 valence electrons. The molecule has 0 fully saturated rings. The van der Waals surface area contributed by atoms with Gasteiger partial charge in [0, 0.05) is 27.8 Å². The summed E-state index contributed by atoms with van der Waals surface area (Å²) in [5, 5.41) is 9.52. The number of hydrogen-bond acceptors (Lipinski definition) is 4. The molecule has 0 spiro atoms. The zero-order valence-electron chi connectivity index (χ0n) is 9.11. The van der Waals surface area contributed by atoms with Crippen LogP contribution in [-0.2, 0) is 10.5 Å². The molecule has 7 heteroatoms. The Morgan fingerprint density at radius 3 is 2.82 bits per heavy atom. The maximum absolute atomic E-state index is 10.5. The van der Waals surface area contributed by atoms with Crippen LogP contribution >= 0.6 is 35.0 Å². The maximum atomic E-state index is 10.5. The molecular weight excluding hydrogens is 283 g/mol. The number of rotatable bonds is 5. The quantitative estimate of drug-likeness (QED) is 0.815. The molecule has 1 heterocycles. The van der Waals surface area contributed by atoms with Gasteiger partial charge in [0.1, 0.15) is 11.2 Å². The first-order valence-corrected chi connectivity index (χ1v) is 6.70. The van der Waals surface area contributed by atoms with E-state index in [1.807, 2.05) is 0 Å². The van der Waals surface area contributed by atoms with Gasteiger partial charge in [-0.3, -0.25) is 4.79 Å². The van der Waals surface area contributed by atoms with E-state index in [0.29, 0.717) is 27.2 Å². The molecule has 0 aromatic carbocycles. The van der Waals surface area contributed by atoms with E-state index in [2.05, 4.69) is 4.98 Å². The fraction of sp³-hybridized carbons (Fsp3) is 0.400. The van der Waals surface area contributed by atoms with Crippen LogP contribution in [-0.4, -0.2) is 27.9 Å². The van der Waals surface area contributed by atoms with Crippen LogP contribution in [0.1, 0.15) is 11.3 Å². The number of carboxylic acid groups (broad SMARTS) is 1. The summed E-state index contributed by atoms with van der Waals surface area (Å²) in [6, 6.07) is 0.844. The molecule has 1 aromatic rings. The standard InChI is InChI=1S/C10H12Cl2N2O2S/c1-5-2-7(11)6(9(12)14-5)3-17-4-8(13)10(15)16/h2,8H,3-4,13H2,1H3,(H,15,16)/t8-/m1/s1. The molecule has 1 aromatic heterocycles. The molecule has 0 unspecified atom stereocenters. The van der Waals surface area contributed by atoms with Crippen LogP contribution in [0.3, 0.4) is 0 Å². The van der Waals surface area contributed by atoms with Crippen molar-refractivity contribution >= 4 is 40.9 Å². The second-order valence-corrected chi connectivity index (χ2v) is 5.27. The molecule has 0 aliphatic carbocycles. The zero-order chi connectivity index (χ0) is 13.0. The van der Waals surface area contributed by atoms with E-state index in [9.17, 15) is 4.79 Å². The van der Waals surface area contributed by atoms with Crippen LogP contribution in [0.4, 0.5) is 0 Å². The summed E-state index contributed by atoms with van der Waals surface area (Å²) in [6.07, 6.45) is 0. The van der Waals surface area contributed by atoms with Gasteiger partial charge >= 0.3 is 5.97 Å². The number of aromatic nitrogens is 1. The van der Waals surface area contributed by atoms with Gasteiger partial charge in [0.25, 0.3) is 0 Å². The molecule has 0 saturated heterocycles. The van der Waals surface area contributed by atoms with Crippen molar-refractivity contribution in [2.45, 2.75) is 18.7 Å². The number of pyridine rings is 1. The van der Waals surface area contributed by atoms with E-state index in [4.69, 9.17) is 34.0 Å². The number of thioether (sulfide) groups is 1. The number of carbonyl (C=O) groups is 1. The molecule has 1 rings (SSSR count). The highest BCUT2D eigenvalue weighted by Crippen LogP contribution is 2.27. The monoisotopic (exact) mass is 294 g/mol. The summed E-state index contributed by atoms with van der Waals surface area (Å²) in [5.74, 6) is -0.223. The molecule has 0 radical (unpaired) electrons. The Labute approximate surface area is 114 Å². The topological polar surface area (TPSA) is 76.2 Å². The Bertz CT molecular complexity index is 406. The lowest BCUT2D eigenvalue weighted by Gasteiger charge is -2.09. The van der Waals surface area contributed by atoms with Gasteiger partial charge < -0.3 is 10.8 Å². The lowest BCUT2D eigenvalue weighted by molar-refractivity contribution is -0.137. The second kappa shape index (κ2) is 6.44. The fourth-order valence-corrected chi connectivity index (χ4v) is 2.95. The maximum Gasteiger partial charge on any atom is 0.321 e. The van der Waals surface area contributed by atoms with Gasteiger partial charge in [-0.25, -0.2) is 4.98 Å². The lowest BCUT2D eigenvalue weighted by Crippen LogP contribution is -2.32.